The first-order chi connectivity index (χ1) is 15.6. The number of benzene rings is 2. The van der Waals surface area contributed by atoms with E-state index in [0.29, 0.717) is 17.0 Å². The number of rotatable bonds is 7. The molecule has 0 bridgehead atoms. The molecule has 1 aliphatic heterocycles. The first-order valence-corrected chi connectivity index (χ1v) is 10.4. The second kappa shape index (κ2) is 9.53. The number of hydrogen-bond acceptors (Lipinski definition) is 6. The highest BCUT2D eigenvalue weighted by molar-refractivity contribution is 6.24. The lowest BCUT2D eigenvalue weighted by molar-refractivity contribution is -0.115. The molecule has 32 heavy (non-hydrogen) atoms. The van der Waals surface area contributed by atoms with E-state index in [-0.39, 0.29) is 5.91 Å². The van der Waals surface area contributed by atoms with Crippen LogP contribution < -0.4 is 10.6 Å². The van der Waals surface area contributed by atoms with Crippen molar-refractivity contribution in [3.63, 3.8) is 0 Å². The predicted molar refractivity (Wildman–Crippen MR) is 123 cm³/mol. The lowest BCUT2D eigenvalue weighted by Crippen LogP contribution is -2.22. The number of amides is 1. The summed E-state index contributed by atoms with van der Waals surface area (Å²) in [5.74, 6) is -1.28. The molecule has 0 aliphatic carbocycles. The van der Waals surface area contributed by atoms with Gasteiger partial charge in [0.1, 0.15) is 5.92 Å². The van der Waals surface area contributed by atoms with Crippen LogP contribution in [0.15, 0.2) is 72.0 Å². The van der Waals surface area contributed by atoms with E-state index in [4.69, 9.17) is 9.73 Å². The van der Waals surface area contributed by atoms with Crippen molar-refractivity contribution in [1.82, 2.24) is 10.3 Å². The fraction of sp³-hybridized carbons (Fsp3) is 0.200. The van der Waals surface area contributed by atoms with Gasteiger partial charge in [0.2, 0.25) is 5.91 Å². The summed E-state index contributed by atoms with van der Waals surface area (Å²) < 4.78 is 4.79. The first kappa shape index (κ1) is 21.4. The van der Waals surface area contributed by atoms with Crippen molar-refractivity contribution in [1.29, 1.82) is 0 Å². The van der Waals surface area contributed by atoms with Crippen LogP contribution in [-0.2, 0) is 16.1 Å². The van der Waals surface area contributed by atoms with Crippen LogP contribution in [0.2, 0.25) is 0 Å². The van der Waals surface area contributed by atoms with Crippen molar-refractivity contribution < 1.29 is 14.3 Å². The minimum atomic E-state index is -0.623. The van der Waals surface area contributed by atoms with Gasteiger partial charge in [0.25, 0.3) is 0 Å². The van der Waals surface area contributed by atoms with E-state index in [1.165, 1.54) is 7.11 Å². The Bertz CT molecular complexity index is 1160. The normalized spacial score (nSPS) is 15.2. The van der Waals surface area contributed by atoms with Gasteiger partial charge in [-0.1, -0.05) is 31.2 Å². The third-order valence-corrected chi connectivity index (χ3v) is 5.30. The highest BCUT2D eigenvalue weighted by Crippen LogP contribution is 2.37. The summed E-state index contributed by atoms with van der Waals surface area (Å²) in [6.45, 7) is 3.76. The summed E-state index contributed by atoms with van der Waals surface area (Å²) in [6.07, 6.45) is 3.38. The van der Waals surface area contributed by atoms with Crippen LogP contribution in [0.4, 0.5) is 11.4 Å². The van der Waals surface area contributed by atoms with E-state index >= 15 is 0 Å². The number of aromatic nitrogens is 1. The third kappa shape index (κ3) is 4.43. The van der Waals surface area contributed by atoms with E-state index in [2.05, 4.69) is 22.5 Å². The molecule has 1 aliphatic rings. The zero-order chi connectivity index (χ0) is 22.5. The summed E-state index contributed by atoms with van der Waals surface area (Å²) in [6, 6.07) is 16.7. The van der Waals surface area contributed by atoms with E-state index < -0.39 is 11.9 Å². The number of carbonyl (C=O) groups excluding carboxylic acids is 2. The summed E-state index contributed by atoms with van der Waals surface area (Å²) in [5.41, 5.74) is 4.98. The first-order valence-electron chi connectivity index (χ1n) is 10.4. The van der Waals surface area contributed by atoms with Gasteiger partial charge in [0.05, 0.1) is 24.1 Å². The Kier molecular flexibility index (Phi) is 6.37. The summed E-state index contributed by atoms with van der Waals surface area (Å²) in [4.78, 5) is 34.0. The Labute approximate surface area is 186 Å². The quantitative estimate of drug-likeness (QED) is 0.441. The van der Waals surface area contributed by atoms with Gasteiger partial charge in [-0.2, -0.15) is 0 Å². The van der Waals surface area contributed by atoms with Gasteiger partial charge in [0.15, 0.2) is 0 Å². The number of pyridine rings is 1. The Hall–Kier alpha value is -3.84. The van der Waals surface area contributed by atoms with Crippen LogP contribution in [0.5, 0.6) is 0 Å². The van der Waals surface area contributed by atoms with Crippen molar-refractivity contribution in [2.75, 3.05) is 19.0 Å². The molecule has 0 spiro atoms. The van der Waals surface area contributed by atoms with Crippen LogP contribution in [-0.4, -0.2) is 36.2 Å². The maximum atomic E-state index is 13.0. The van der Waals surface area contributed by atoms with Crippen molar-refractivity contribution in [3.8, 4) is 0 Å². The lowest BCUT2D eigenvalue weighted by atomic mass is 9.91. The van der Waals surface area contributed by atoms with Crippen LogP contribution in [0, 0.1) is 0 Å². The minimum absolute atomic E-state index is 0.201. The Morgan fingerprint density at radius 3 is 2.66 bits per heavy atom. The van der Waals surface area contributed by atoms with Gasteiger partial charge >= 0.3 is 5.97 Å². The number of carbonyl (C=O) groups is 2. The number of fused-ring (bicyclic) bond motifs is 1. The highest BCUT2D eigenvalue weighted by atomic mass is 16.5. The minimum Gasteiger partial charge on any atom is -0.465 e. The molecule has 1 amide bonds. The van der Waals surface area contributed by atoms with Crippen molar-refractivity contribution >= 4 is 29.0 Å². The van der Waals surface area contributed by atoms with Gasteiger partial charge in [0, 0.05) is 30.2 Å². The number of aliphatic imine (C=N–C) groups is 1. The van der Waals surface area contributed by atoms with Crippen LogP contribution in [0.25, 0.3) is 0 Å². The Balaban J connectivity index is 1.75. The molecule has 0 radical (unpaired) electrons. The molecule has 2 heterocycles. The fourth-order valence-electron chi connectivity index (χ4n) is 3.69. The molecule has 4 rings (SSSR count). The zero-order valence-corrected chi connectivity index (χ0v) is 18.0. The molecule has 2 aromatic carbocycles. The molecule has 0 saturated carbocycles. The number of hydrogen-bond donors (Lipinski definition) is 2. The van der Waals surface area contributed by atoms with Crippen molar-refractivity contribution in [3.05, 3.63) is 89.2 Å². The molecule has 162 valence electrons. The van der Waals surface area contributed by atoms with E-state index in [9.17, 15) is 9.59 Å². The van der Waals surface area contributed by atoms with E-state index in [0.717, 1.165) is 35.5 Å². The second-order valence-electron chi connectivity index (χ2n) is 7.40. The topological polar surface area (TPSA) is 92.7 Å². The van der Waals surface area contributed by atoms with E-state index in [1.54, 1.807) is 30.6 Å². The maximum absolute atomic E-state index is 13.0. The molecule has 2 N–H and O–H groups in total. The van der Waals surface area contributed by atoms with Gasteiger partial charge in [-0.15, -0.1) is 0 Å². The average molecular weight is 428 g/mol. The van der Waals surface area contributed by atoms with Crippen molar-refractivity contribution in [2.24, 2.45) is 4.99 Å². The molecule has 1 unspecified atom stereocenters. The number of nitrogens with zero attached hydrogens (tertiary/aromatic N) is 2. The molecule has 7 heteroatoms. The molecule has 3 aromatic rings. The molecular weight excluding hydrogens is 404 g/mol. The van der Waals surface area contributed by atoms with Gasteiger partial charge in [-0.3, -0.25) is 14.8 Å². The van der Waals surface area contributed by atoms with E-state index in [1.807, 2.05) is 36.4 Å². The fourth-order valence-corrected chi connectivity index (χ4v) is 3.69. The highest BCUT2D eigenvalue weighted by Gasteiger charge is 2.36. The molecule has 1 aromatic heterocycles. The molecule has 0 fully saturated rings. The van der Waals surface area contributed by atoms with Crippen LogP contribution >= 0.6 is 0 Å². The number of ether oxygens (including phenoxy) is 1. The molecule has 7 nitrogen and oxygen atoms in total. The summed E-state index contributed by atoms with van der Waals surface area (Å²) >= 11 is 0. The number of nitrogens with one attached hydrogen (secondary N) is 2. The maximum Gasteiger partial charge on any atom is 0.337 e. The average Bonchev–Trinajstić information content (AvgIpc) is 3.16. The smallest absolute Gasteiger partial charge is 0.337 e. The van der Waals surface area contributed by atoms with Crippen molar-refractivity contribution in [2.45, 2.75) is 19.4 Å². The molecular formula is C25H24N4O3. The van der Waals surface area contributed by atoms with Gasteiger partial charge < -0.3 is 15.4 Å². The number of anilines is 1. The SMILES string of the molecule is CCNCc1ccc(N=C(c2cccnc2)C2C(=O)Nc3cc(C(=O)OC)ccc32)cc1. The number of esters is 1. The third-order valence-electron chi connectivity index (χ3n) is 5.30. The molecule has 0 saturated heterocycles. The summed E-state index contributed by atoms with van der Waals surface area (Å²) in [5, 5.41) is 6.18. The predicted octanol–water partition coefficient (Wildman–Crippen LogP) is 3.83. The standard InChI is InChI=1S/C25H24N4O3/c1-3-26-14-16-6-9-19(10-7-16)28-23(18-5-4-12-27-15-18)22-20-11-8-17(25(31)32-2)13-21(20)29-24(22)30/h4-13,15,22,26H,3,14H2,1-2H3,(H,29,30). The zero-order valence-electron chi connectivity index (χ0n) is 18.0. The van der Waals surface area contributed by atoms with Gasteiger partial charge in [-0.25, -0.2) is 4.79 Å². The lowest BCUT2D eigenvalue weighted by Gasteiger charge is -2.14. The monoisotopic (exact) mass is 428 g/mol. The number of methoxy groups -OCH3 is 1. The largest absolute Gasteiger partial charge is 0.465 e. The van der Waals surface area contributed by atoms with Gasteiger partial charge in [-0.05, 0) is 48.0 Å². The molecule has 1 atom stereocenters. The Morgan fingerprint density at radius 2 is 1.97 bits per heavy atom. The summed E-state index contributed by atoms with van der Waals surface area (Å²) in [7, 11) is 1.33. The van der Waals surface area contributed by atoms with Crippen LogP contribution in [0.1, 0.15) is 39.9 Å². The van der Waals surface area contributed by atoms with Crippen LogP contribution in [0.3, 0.4) is 0 Å². The second-order valence-corrected chi connectivity index (χ2v) is 7.40. The Morgan fingerprint density at radius 1 is 1.16 bits per heavy atom.